The van der Waals surface area contributed by atoms with E-state index < -0.39 is 0 Å². The van der Waals surface area contributed by atoms with Gasteiger partial charge in [0.15, 0.2) is 0 Å². The van der Waals surface area contributed by atoms with Crippen molar-refractivity contribution in [2.75, 3.05) is 0 Å². The van der Waals surface area contributed by atoms with Crippen LogP contribution in [0.15, 0.2) is 17.1 Å². The Bertz CT molecular complexity index is 582. The zero-order chi connectivity index (χ0) is 17.1. The first-order valence-electron chi connectivity index (χ1n) is 7.76. The van der Waals surface area contributed by atoms with Gasteiger partial charge in [-0.15, -0.1) is 0 Å². The van der Waals surface area contributed by atoms with E-state index in [-0.39, 0.29) is 10.8 Å². The highest BCUT2D eigenvalue weighted by Crippen LogP contribution is 2.24. The summed E-state index contributed by atoms with van der Waals surface area (Å²) in [6.45, 7) is 19.1. The maximum absolute atomic E-state index is 4.82. The molecule has 2 rings (SSSR count). The third-order valence-corrected chi connectivity index (χ3v) is 3.29. The van der Waals surface area contributed by atoms with Crippen LogP contribution in [-0.4, -0.2) is 19.9 Å². The molecule has 5 nitrogen and oxygen atoms in total. The SMILES string of the molecule is CC(C)n1ncnc1C(C)(C)C.Cc1nocc1C(C)(C)C. The van der Waals surface area contributed by atoms with E-state index in [1.807, 2.05) is 11.6 Å². The van der Waals surface area contributed by atoms with Crippen LogP contribution in [0.2, 0.25) is 0 Å². The molecular formula is C17H30N4O. The minimum Gasteiger partial charge on any atom is -0.364 e. The molecule has 0 amide bonds. The minimum absolute atomic E-state index is 0.0841. The van der Waals surface area contributed by atoms with Crippen molar-refractivity contribution in [2.24, 2.45) is 0 Å². The second-order valence-corrected chi connectivity index (χ2v) is 7.94. The van der Waals surface area contributed by atoms with Crippen molar-refractivity contribution in [1.29, 1.82) is 0 Å². The molecule has 22 heavy (non-hydrogen) atoms. The summed E-state index contributed by atoms with van der Waals surface area (Å²) >= 11 is 0. The van der Waals surface area contributed by atoms with Crippen LogP contribution >= 0.6 is 0 Å². The third-order valence-electron chi connectivity index (χ3n) is 3.29. The van der Waals surface area contributed by atoms with E-state index in [4.69, 9.17) is 4.52 Å². The quantitative estimate of drug-likeness (QED) is 0.781. The monoisotopic (exact) mass is 306 g/mol. The number of rotatable bonds is 1. The maximum atomic E-state index is 4.82. The van der Waals surface area contributed by atoms with E-state index in [1.165, 1.54) is 5.56 Å². The van der Waals surface area contributed by atoms with Gasteiger partial charge in [-0.3, -0.25) is 0 Å². The van der Waals surface area contributed by atoms with Gasteiger partial charge in [0.2, 0.25) is 0 Å². The van der Waals surface area contributed by atoms with Crippen molar-refractivity contribution in [3.8, 4) is 0 Å². The normalized spacial score (nSPS) is 12.3. The van der Waals surface area contributed by atoms with Gasteiger partial charge in [-0.1, -0.05) is 46.7 Å². The van der Waals surface area contributed by atoms with E-state index >= 15 is 0 Å². The molecule has 0 bridgehead atoms. The number of hydrogen-bond acceptors (Lipinski definition) is 4. The fourth-order valence-electron chi connectivity index (χ4n) is 2.18. The summed E-state index contributed by atoms with van der Waals surface area (Å²) in [4.78, 5) is 4.26. The van der Waals surface area contributed by atoms with E-state index in [0.717, 1.165) is 11.5 Å². The molecule has 124 valence electrons. The second kappa shape index (κ2) is 6.63. The van der Waals surface area contributed by atoms with Gasteiger partial charge in [0, 0.05) is 17.0 Å². The Labute approximate surface area is 134 Å². The number of aromatic nitrogens is 4. The van der Waals surface area contributed by atoms with Crippen LogP contribution in [0.25, 0.3) is 0 Å². The van der Waals surface area contributed by atoms with Crippen LogP contribution < -0.4 is 0 Å². The van der Waals surface area contributed by atoms with Gasteiger partial charge < -0.3 is 4.52 Å². The smallest absolute Gasteiger partial charge is 0.138 e. The van der Waals surface area contributed by atoms with E-state index in [2.05, 4.69) is 70.6 Å². The van der Waals surface area contributed by atoms with E-state index in [9.17, 15) is 0 Å². The van der Waals surface area contributed by atoms with Crippen LogP contribution in [0.5, 0.6) is 0 Å². The second-order valence-electron chi connectivity index (χ2n) is 7.94. The molecule has 0 aliphatic carbocycles. The highest BCUT2D eigenvalue weighted by molar-refractivity contribution is 5.21. The Balaban J connectivity index is 0.000000224. The fourth-order valence-corrected chi connectivity index (χ4v) is 2.18. The molecule has 0 saturated heterocycles. The Morgan fingerprint density at radius 2 is 1.64 bits per heavy atom. The molecule has 0 spiro atoms. The molecule has 0 radical (unpaired) electrons. The largest absolute Gasteiger partial charge is 0.364 e. The number of nitrogens with zero attached hydrogens (tertiary/aromatic N) is 4. The number of aryl methyl sites for hydroxylation is 1. The van der Waals surface area contributed by atoms with Crippen molar-refractivity contribution in [3.05, 3.63) is 29.7 Å². The van der Waals surface area contributed by atoms with Crippen molar-refractivity contribution < 1.29 is 4.52 Å². The summed E-state index contributed by atoms with van der Waals surface area (Å²) < 4.78 is 6.79. The minimum atomic E-state index is 0.0841. The van der Waals surface area contributed by atoms with Gasteiger partial charge in [-0.2, -0.15) is 5.10 Å². The van der Waals surface area contributed by atoms with Crippen LogP contribution in [0.3, 0.4) is 0 Å². The first-order valence-corrected chi connectivity index (χ1v) is 7.76. The van der Waals surface area contributed by atoms with Crippen LogP contribution in [0.4, 0.5) is 0 Å². The summed E-state index contributed by atoms with van der Waals surface area (Å²) in [7, 11) is 0. The van der Waals surface area contributed by atoms with Gasteiger partial charge in [0.25, 0.3) is 0 Å². The highest BCUT2D eigenvalue weighted by Gasteiger charge is 2.21. The molecule has 2 aromatic rings. The van der Waals surface area contributed by atoms with E-state index in [0.29, 0.717) is 6.04 Å². The predicted molar refractivity (Wildman–Crippen MR) is 89.0 cm³/mol. The van der Waals surface area contributed by atoms with Gasteiger partial charge in [0.1, 0.15) is 18.4 Å². The summed E-state index contributed by atoms with van der Waals surface area (Å²) in [6.07, 6.45) is 3.34. The summed E-state index contributed by atoms with van der Waals surface area (Å²) in [6, 6.07) is 0.390. The molecular weight excluding hydrogens is 276 g/mol. The lowest BCUT2D eigenvalue weighted by atomic mass is 9.88. The van der Waals surface area contributed by atoms with Gasteiger partial charge in [-0.05, 0) is 26.2 Å². The molecule has 0 fully saturated rings. The first kappa shape index (κ1) is 18.4. The molecule has 5 heteroatoms. The lowest BCUT2D eigenvalue weighted by molar-refractivity contribution is 0.412. The molecule has 0 unspecified atom stereocenters. The van der Waals surface area contributed by atoms with Crippen molar-refractivity contribution >= 4 is 0 Å². The van der Waals surface area contributed by atoms with Gasteiger partial charge in [0.05, 0.1) is 5.69 Å². The van der Waals surface area contributed by atoms with Crippen molar-refractivity contribution in [3.63, 3.8) is 0 Å². The molecule has 2 aromatic heterocycles. The summed E-state index contributed by atoms with van der Waals surface area (Å²) in [5.74, 6) is 1.05. The predicted octanol–water partition coefficient (Wildman–Crippen LogP) is 4.44. The highest BCUT2D eigenvalue weighted by atomic mass is 16.5. The standard InChI is InChI=1S/C9H17N3.C8H13NO/c1-7(2)12-8(9(3,4)5)10-6-11-12;1-6-7(5-10-9-6)8(2,3)4/h6-7H,1-5H3;5H,1-4H3. The molecule has 0 saturated carbocycles. The average Bonchev–Trinajstić information content (AvgIpc) is 2.94. The molecule has 0 N–H and O–H groups in total. The van der Waals surface area contributed by atoms with Gasteiger partial charge >= 0.3 is 0 Å². The molecule has 0 aliphatic rings. The zero-order valence-electron chi connectivity index (χ0n) is 15.4. The third kappa shape index (κ3) is 4.68. The van der Waals surface area contributed by atoms with Crippen LogP contribution in [0.1, 0.15) is 78.5 Å². The van der Waals surface area contributed by atoms with Crippen LogP contribution in [0, 0.1) is 6.92 Å². The molecule has 2 heterocycles. The Morgan fingerprint density at radius 3 is 1.91 bits per heavy atom. The van der Waals surface area contributed by atoms with E-state index in [1.54, 1.807) is 12.6 Å². The van der Waals surface area contributed by atoms with Crippen LogP contribution in [-0.2, 0) is 10.8 Å². The lowest BCUT2D eigenvalue weighted by Gasteiger charge is -2.20. The summed E-state index contributed by atoms with van der Waals surface area (Å²) in [5.41, 5.74) is 2.42. The fraction of sp³-hybridized carbons (Fsp3) is 0.706. The number of hydrogen-bond donors (Lipinski definition) is 0. The molecule has 0 aromatic carbocycles. The maximum Gasteiger partial charge on any atom is 0.138 e. The zero-order valence-corrected chi connectivity index (χ0v) is 15.4. The lowest BCUT2D eigenvalue weighted by Crippen LogP contribution is -2.20. The van der Waals surface area contributed by atoms with Crippen molar-refractivity contribution in [2.45, 2.75) is 79.2 Å². The first-order chi connectivity index (χ1) is 9.94. The Morgan fingerprint density at radius 1 is 1.05 bits per heavy atom. The Hall–Kier alpha value is -1.65. The molecule has 0 atom stereocenters. The topological polar surface area (TPSA) is 56.7 Å². The average molecular weight is 306 g/mol. The summed E-state index contributed by atoms with van der Waals surface area (Å²) in [5, 5.41) is 8.00. The Kier molecular flexibility index (Phi) is 5.54. The molecule has 0 aliphatic heterocycles. The van der Waals surface area contributed by atoms with Crippen molar-refractivity contribution in [1.82, 2.24) is 19.9 Å². The van der Waals surface area contributed by atoms with Gasteiger partial charge in [-0.25, -0.2) is 9.67 Å².